The molecule has 2 heterocycles. The zero-order chi connectivity index (χ0) is 16.3. The summed E-state index contributed by atoms with van der Waals surface area (Å²) in [6.45, 7) is 10.8. The van der Waals surface area contributed by atoms with Gasteiger partial charge in [-0.15, -0.1) is 0 Å². The van der Waals surface area contributed by atoms with Crippen LogP contribution in [-0.4, -0.2) is 53.2 Å². The molecule has 0 radical (unpaired) electrons. The number of H-pyrrole nitrogens is 1. The van der Waals surface area contributed by atoms with E-state index in [0.717, 1.165) is 13.1 Å². The van der Waals surface area contributed by atoms with Gasteiger partial charge in [-0.05, 0) is 39.8 Å². The Morgan fingerprint density at radius 2 is 2.09 bits per heavy atom. The van der Waals surface area contributed by atoms with Gasteiger partial charge in [0, 0.05) is 31.4 Å². The highest BCUT2D eigenvalue weighted by Gasteiger charge is 2.33. The van der Waals surface area contributed by atoms with Crippen LogP contribution in [0.1, 0.15) is 38.1 Å². The Morgan fingerprint density at radius 3 is 2.68 bits per heavy atom. The summed E-state index contributed by atoms with van der Waals surface area (Å²) >= 11 is 5.15. The van der Waals surface area contributed by atoms with Crippen LogP contribution in [-0.2, 0) is 4.74 Å². The highest BCUT2D eigenvalue weighted by atomic mass is 32.1. The summed E-state index contributed by atoms with van der Waals surface area (Å²) in [5.41, 5.74) is 0.374. The number of hydrogen-bond donors (Lipinski definition) is 2. The zero-order valence-corrected chi connectivity index (χ0v) is 14.5. The largest absolute Gasteiger partial charge is 0.373 e. The van der Waals surface area contributed by atoms with E-state index in [2.05, 4.69) is 42.9 Å². The third-order valence-corrected chi connectivity index (χ3v) is 4.36. The van der Waals surface area contributed by atoms with E-state index in [1.807, 2.05) is 0 Å². The van der Waals surface area contributed by atoms with Gasteiger partial charge in [0.15, 0.2) is 0 Å². The molecule has 2 N–H and O–H groups in total. The van der Waals surface area contributed by atoms with E-state index in [4.69, 9.17) is 17.0 Å². The average molecular weight is 323 g/mol. The van der Waals surface area contributed by atoms with Crippen molar-refractivity contribution in [2.45, 2.75) is 45.4 Å². The van der Waals surface area contributed by atoms with Crippen LogP contribution >= 0.6 is 12.2 Å². The molecule has 0 spiro atoms. The Balaban J connectivity index is 1.99. The maximum absolute atomic E-state index is 12.3. The fourth-order valence-corrected chi connectivity index (χ4v) is 3.00. The molecule has 0 aromatic carbocycles. The van der Waals surface area contributed by atoms with Crippen LogP contribution in [0.2, 0.25) is 0 Å². The molecule has 2 atom stereocenters. The molecule has 6 heteroatoms. The molecular weight excluding hydrogens is 298 g/mol. The second-order valence-electron chi connectivity index (χ2n) is 6.57. The van der Waals surface area contributed by atoms with Crippen molar-refractivity contribution in [3.8, 4) is 0 Å². The Bertz CT molecular complexity index is 575. The number of morpholine rings is 1. The lowest BCUT2D eigenvalue weighted by atomic mass is 10.00. The first kappa shape index (κ1) is 17.1. The predicted octanol–water partition coefficient (Wildman–Crippen LogP) is 2.36. The molecule has 1 aromatic rings. The normalized spacial score (nSPS) is 23.3. The van der Waals surface area contributed by atoms with E-state index in [9.17, 15) is 4.79 Å². The van der Waals surface area contributed by atoms with E-state index < -0.39 is 0 Å². The number of nitrogens with zero attached hydrogens (tertiary/aromatic N) is 1. The number of ether oxygens (including phenoxy) is 1. The maximum atomic E-state index is 12.3. The zero-order valence-electron chi connectivity index (χ0n) is 13.7. The van der Waals surface area contributed by atoms with Gasteiger partial charge in [0.2, 0.25) is 0 Å². The van der Waals surface area contributed by atoms with Crippen molar-refractivity contribution < 1.29 is 9.53 Å². The summed E-state index contributed by atoms with van der Waals surface area (Å²) < 4.78 is 6.24. The maximum Gasteiger partial charge on any atom is 0.254 e. The predicted molar refractivity (Wildman–Crippen MR) is 89.6 cm³/mol. The van der Waals surface area contributed by atoms with Gasteiger partial charge in [-0.2, -0.15) is 0 Å². The van der Waals surface area contributed by atoms with Crippen LogP contribution in [0.15, 0.2) is 18.3 Å². The van der Waals surface area contributed by atoms with Crippen molar-refractivity contribution in [3.63, 3.8) is 0 Å². The first-order valence-electron chi connectivity index (χ1n) is 7.66. The fraction of sp³-hybridized carbons (Fsp3) is 0.625. The molecular formula is C16H25N3O2S. The van der Waals surface area contributed by atoms with Gasteiger partial charge in [-0.3, -0.25) is 9.69 Å². The molecule has 5 nitrogen and oxygen atoms in total. The number of aromatic amines is 1. The Morgan fingerprint density at radius 1 is 1.45 bits per heavy atom. The van der Waals surface area contributed by atoms with E-state index in [-0.39, 0.29) is 23.7 Å². The lowest BCUT2D eigenvalue weighted by Gasteiger charge is -2.45. The Labute approximate surface area is 137 Å². The fourth-order valence-electron chi connectivity index (χ4n) is 2.78. The van der Waals surface area contributed by atoms with Crippen LogP contribution < -0.4 is 5.32 Å². The average Bonchev–Trinajstić information content (AvgIpc) is 2.44. The van der Waals surface area contributed by atoms with Crippen LogP contribution in [0.5, 0.6) is 0 Å². The van der Waals surface area contributed by atoms with Crippen molar-refractivity contribution >= 4 is 18.1 Å². The van der Waals surface area contributed by atoms with Crippen LogP contribution in [0.3, 0.4) is 0 Å². The molecule has 122 valence electrons. The minimum Gasteiger partial charge on any atom is -0.373 e. The van der Waals surface area contributed by atoms with Gasteiger partial charge in [-0.25, -0.2) is 0 Å². The summed E-state index contributed by atoms with van der Waals surface area (Å²) in [4.78, 5) is 17.5. The first-order chi connectivity index (χ1) is 10.3. The van der Waals surface area contributed by atoms with Crippen LogP contribution in [0, 0.1) is 4.64 Å². The number of rotatable bonds is 4. The highest BCUT2D eigenvalue weighted by molar-refractivity contribution is 7.71. The number of aromatic nitrogens is 1. The van der Waals surface area contributed by atoms with Crippen molar-refractivity contribution in [1.29, 1.82) is 0 Å². The third-order valence-electron chi connectivity index (χ3n) is 4.02. The summed E-state index contributed by atoms with van der Waals surface area (Å²) in [7, 11) is 0. The topological polar surface area (TPSA) is 57.4 Å². The molecule has 0 aliphatic carbocycles. The van der Waals surface area contributed by atoms with Gasteiger partial charge in [-0.1, -0.05) is 12.2 Å². The Hall–Kier alpha value is -1.24. The summed E-state index contributed by atoms with van der Waals surface area (Å²) in [6.07, 6.45) is 2.14. The van der Waals surface area contributed by atoms with Gasteiger partial charge < -0.3 is 15.0 Å². The van der Waals surface area contributed by atoms with Crippen molar-refractivity contribution in [1.82, 2.24) is 15.2 Å². The lowest BCUT2D eigenvalue weighted by Crippen LogP contribution is -2.58. The molecule has 1 aromatic heterocycles. The van der Waals surface area contributed by atoms with E-state index in [1.54, 1.807) is 18.3 Å². The third kappa shape index (κ3) is 4.15. The number of pyridine rings is 1. The monoisotopic (exact) mass is 323 g/mol. The lowest BCUT2D eigenvalue weighted by molar-refractivity contribution is -0.0948. The molecule has 1 saturated heterocycles. The van der Waals surface area contributed by atoms with Crippen molar-refractivity contribution in [3.05, 3.63) is 28.5 Å². The minimum absolute atomic E-state index is 0.135. The minimum atomic E-state index is -0.137. The number of carbonyl (C=O) groups excluding carboxylic acids is 1. The molecule has 2 rings (SSSR count). The van der Waals surface area contributed by atoms with E-state index in [1.165, 1.54) is 0 Å². The van der Waals surface area contributed by atoms with Gasteiger partial charge >= 0.3 is 0 Å². The van der Waals surface area contributed by atoms with E-state index in [0.29, 0.717) is 16.7 Å². The van der Waals surface area contributed by atoms with E-state index >= 15 is 0 Å². The molecule has 1 amide bonds. The second-order valence-corrected chi connectivity index (χ2v) is 6.98. The van der Waals surface area contributed by atoms with Gasteiger partial charge in [0.25, 0.3) is 5.91 Å². The molecule has 22 heavy (non-hydrogen) atoms. The first-order valence-corrected chi connectivity index (χ1v) is 8.07. The van der Waals surface area contributed by atoms with Crippen molar-refractivity contribution in [2.24, 2.45) is 0 Å². The summed E-state index contributed by atoms with van der Waals surface area (Å²) in [6, 6.07) is 3.52. The molecule has 0 saturated carbocycles. The summed E-state index contributed by atoms with van der Waals surface area (Å²) in [5, 5.41) is 3.00. The number of nitrogens with one attached hydrogen (secondary N) is 2. The van der Waals surface area contributed by atoms with Crippen LogP contribution in [0.4, 0.5) is 0 Å². The summed E-state index contributed by atoms with van der Waals surface area (Å²) in [5.74, 6) is -0.135. The van der Waals surface area contributed by atoms with Crippen molar-refractivity contribution in [2.75, 3.05) is 19.6 Å². The molecule has 0 unspecified atom stereocenters. The molecule has 0 bridgehead atoms. The van der Waals surface area contributed by atoms with Crippen LogP contribution in [0.25, 0.3) is 0 Å². The standard InChI is InChI=1S/C16H25N3O2S/c1-11-8-19(9-12(2)21-11)16(3,4)10-18-14(20)13-6-5-7-17-15(13)22/h5-7,11-12H,8-10H2,1-4H3,(H,17,22)(H,18,20)/t11-,12+. The Kier molecular flexibility index (Phi) is 5.36. The quantitative estimate of drug-likeness (QED) is 0.835. The van der Waals surface area contributed by atoms with Gasteiger partial charge in [0.05, 0.1) is 17.8 Å². The smallest absolute Gasteiger partial charge is 0.254 e. The molecule has 1 fully saturated rings. The number of carbonyl (C=O) groups is 1. The highest BCUT2D eigenvalue weighted by Crippen LogP contribution is 2.20. The molecule has 1 aliphatic rings. The van der Waals surface area contributed by atoms with Gasteiger partial charge in [0.1, 0.15) is 4.64 Å². The molecule has 1 aliphatic heterocycles. The number of amides is 1. The number of hydrogen-bond acceptors (Lipinski definition) is 4. The second kappa shape index (κ2) is 6.89. The SMILES string of the molecule is C[C@@H]1CN(C(C)(C)CNC(=O)c2ccc[nH]c2=S)C[C@H](C)O1.